The third-order valence-electron chi connectivity index (χ3n) is 3.78. The van der Waals surface area contributed by atoms with Gasteiger partial charge in [-0.2, -0.15) is 0 Å². The number of rotatable bonds is 3. The standard InChI is InChI=1S/C17H15ClN2O4/c1-9-6-12(14(23-3)8-11(9)18)19-16(21)10-4-5-13-15(7-10)24-17(22)20(13)2/h4-8H,1-3H3,(H,19,21). The number of halogens is 1. The van der Waals surface area contributed by atoms with Gasteiger partial charge in [-0.1, -0.05) is 11.6 Å². The summed E-state index contributed by atoms with van der Waals surface area (Å²) in [5, 5.41) is 3.34. The van der Waals surface area contributed by atoms with Crippen molar-refractivity contribution in [3.63, 3.8) is 0 Å². The van der Waals surface area contributed by atoms with E-state index >= 15 is 0 Å². The van der Waals surface area contributed by atoms with Gasteiger partial charge in [-0.15, -0.1) is 0 Å². The summed E-state index contributed by atoms with van der Waals surface area (Å²) in [4.78, 5) is 24.0. The SMILES string of the molecule is COc1cc(Cl)c(C)cc1NC(=O)c1ccc2c(c1)oc(=O)n2C. The van der Waals surface area contributed by atoms with Crippen LogP contribution >= 0.6 is 11.6 Å². The number of oxazole rings is 1. The minimum atomic E-state index is -0.474. The summed E-state index contributed by atoms with van der Waals surface area (Å²) >= 11 is 6.06. The van der Waals surface area contributed by atoms with Crippen molar-refractivity contribution in [3.05, 3.63) is 57.0 Å². The first-order chi connectivity index (χ1) is 11.4. The van der Waals surface area contributed by atoms with Crippen LogP contribution in [0.5, 0.6) is 5.75 Å². The number of aromatic nitrogens is 1. The summed E-state index contributed by atoms with van der Waals surface area (Å²) in [5.74, 6) is -0.354. The Labute approximate surface area is 142 Å². The maximum absolute atomic E-state index is 12.5. The van der Waals surface area contributed by atoms with Gasteiger partial charge in [-0.3, -0.25) is 9.36 Å². The van der Waals surface area contributed by atoms with Crippen molar-refractivity contribution >= 4 is 34.3 Å². The molecular formula is C17H15ClN2O4. The van der Waals surface area contributed by atoms with Crippen LogP contribution in [0.4, 0.5) is 5.69 Å². The molecule has 6 nitrogen and oxygen atoms in total. The van der Waals surface area contributed by atoms with Crippen LogP contribution in [0.2, 0.25) is 5.02 Å². The summed E-state index contributed by atoms with van der Waals surface area (Å²) in [6.45, 7) is 1.84. The Bertz CT molecular complexity index is 1000. The van der Waals surface area contributed by atoms with Gasteiger partial charge in [0.1, 0.15) is 5.75 Å². The fourth-order valence-corrected chi connectivity index (χ4v) is 2.55. The normalized spacial score (nSPS) is 10.8. The van der Waals surface area contributed by atoms with Crippen LogP contribution in [0.25, 0.3) is 11.1 Å². The largest absolute Gasteiger partial charge is 0.495 e. The molecule has 7 heteroatoms. The zero-order chi connectivity index (χ0) is 17.4. The number of ether oxygens (including phenoxy) is 1. The van der Waals surface area contributed by atoms with Crippen LogP contribution in [0, 0.1) is 6.92 Å². The number of aryl methyl sites for hydroxylation is 2. The van der Waals surface area contributed by atoms with E-state index in [2.05, 4.69) is 5.32 Å². The van der Waals surface area contributed by atoms with Crippen LogP contribution in [0.15, 0.2) is 39.5 Å². The lowest BCUT2D eigenvalue weighted by molar-refractivity contribution is 0.102. The second-order valence-electron chi connectivity index (χ2n) is 5.37. The Hall–Kier alpha value is -2.73. The number of methoxy groups -OCH3 is 1. The van der Waals surface area contributed by atoms with Crippen LogP contribution in [-0.2, 0) is 7.05 Å². The zero-order valence-electron chi connectivity index (χ0n) is 13.3. The average molecular weight is 347 g/mol. The summed E-state index contributed by atoms with van der Waals surface area (Å²) < 4.78 is 11.7. The topological polar surface area (TPSA) is 73.5 Å². The van der Waals surface area contributed by atoms with Gasteiger partial charge in [0, 0.05) is 23.7 Å². The minimum Gasteiger partial charge on any atom is -0.495 e. The Morgan fingerprint density at radius 1 is 1.29 bits per heavy atom. The van der Waals surface area contributed by atoms with Gasteiger partial charge in [0.15, 0.2) is 5.58 Å². The van der Waals surface area contributed by atoms with Gasteiger partial charge in [-0.05, 0) is 36.8 Å². The van der Waals surface area contributed by atoms with Crippen molar-refractivity contribution in [1.82, 2.24) is 4.57 Å². The van der Waals surface area contributed by atoms with Gasteiger partial charge in [0.2, 0.25) is 0 Å². The van der Waals surface area contributed by atoms with Gasteiger partial charge in [-0.25, -0.2) is 4.79 Å². The lowest BCUT2D eigenvalue weighted by Gasteiger charge is -2.12. The molecule has 24 heavy (non-hydrogen) atoms. The molecule has 1 aromatic heterocycles. The first-order valence-electron chi connectivity index (χ1n) is 7.16. The van der Waals surface area contributed by atoms with E-state index < -0.39 is 5.76 Å². The summed E-state index contributed by atoms with van der Waals surface area (Å²) in [6, 6.07) is 8.20. The van der Waals surface area contributed by atoms with E-state index in [-0.39, 0.29) is 5.91 Å². The molecule has 1 heterocycles. The number of carbonyl (C=O) groups is 1. The van der Waals surface area contributed by atoms with E-state index in [1.165, 1.54) is 17.7 Å². The van der Waals surface area contributed by atoms with Crippen molar-refractivity contribution in [1.29, 1.82) is 0 Å². The number of anilines is 1. The van der Waals surface area contributed by atoms with Crippen LogP contribution < -0.4 is 15.8 Å². The van der Waals surface area contributed by atoms with Crippen molar-refractivity contribution < 1.29 is 13.9 Å². The summed E-state index contributed by atoms with van der Waals surface area (Å²) in [7, 11) is 3.11. The molecule has 0 atom stereocenters. The van der Waals surface area contributed by atoms with Gasteiger partial charge < -0.3 is 14.5 Å². The molecule has 1 N–H and O–H groups in total. The highest BCUT2D eigenvalue weighted by molar-refractivity contribution is 6.31. The third kappa shape index (κ3) is 2.76. The van der Waals surface area contributed by atoms with Gasteiger partial charge >= 0.3 is 5.76 Å². The monoisotopic (exact) mass is 346 g/mol. The predicted octanol–water partition coefficient (Wildman–Crippen LogP) is 3.35. The number of nitrogens with zero attached hydrogens (tertiary/aromatic N) is 1. The fraction of sp³-hybridized carbons (Fsp3) is 0.176. The van der Waals surface area contributed by atoms with E-state index in [9.17, 15) is 9.59 Å². The van der Waals surface area contributed by atoms with Gasteiger partial charge in [0.05, 0.1) is 18.3 Å². The van der Waals surface area contributed by atoms with E-state index in [4.69, 9.17) is 20.8 Å². The number of nitrogens with one attached hydrogen (secondary N) is 1. The first-order valence-corrected chi connectivity index (χ1v) is 7.53. The zero-order valence-corrected chi connectivity index (χ0v) is 14.1. The van der Waals surface area contributed by atoms with Crippen molar-refractivity contribution in [2.45, 2.75) is 6.92 Å². The molecule has 2 aromatic carbocycles. The number of benzene rings is 2. The molecule has 0 aliphatic carbocycles. The maximum atomic E-state index is 12.5. The molecular weight excluding hydrogens is 332 g/mol. The van der Waals surface area contributed by atoms with Crippen LogP contribution in [-0.4, -0.2) is 17.6 Å². The van der Waals surface area contributed by atoms with E-state index in [0.29, 0.717) is 33.1 Å². The quantitative estimate of drug-likeness (QED) is 0.789. The second-order valence-corrected chi connectivity index (χ2v) is 5.77. The summed E-state index contributed by atoms with van der Waals surface area (Å²) in [5.41, 5.74) is 2.67. The Kier molecular flexibility index (Phi) is 4.07. The van der Waals surface area contributed by atoms with Crippen molar-refractivity contribution in [2.24, 2.45) is 7.05 Å². The van der Waals surface area contributed by atoms with Crippen molar-refractivity contribution in [3.8, 4) is 5.75 Å². The fourth-order valence-electron chi connectivity index (χ4n) is 2.40. The molecule has 0 spiro atoms. The highest BCUT2D eigenvalue weighted by atomic mass is 35.5. The number of amides is 1. The van der Waals surface area contributed by atoms with Gasteiger partial charge in [0.25, 0.3) is 5.91 Å². The molecule has 1 amide bonds. The molecule has 0 unspecified atom stereocenters. The first kappa shape index (κ1) is 16.1. The smallest absolute Gasteiger partial charge is 0.419 e. The lowest BCUT2D eigenvalue weighted by atomic mass is 10.1. The molecule has 0 saturated heterocycles. The molecule has 0 aliphatic heterocycles. The maximum Gasteiger partial charge on any atom is 0.419 e. The Balaban J connectivity index is 1.95. The lowest BCUT2D eigenvalue weighted by Crippen LogP contribution is -2.13. The van der Waals surface area contributed by atoms with Crippen molar-refractivity contribution in [2.75, 3.05) is 12.4 Å². The van der Waals surface area contributed by atoms with Crippen LogP contribution in [0.1, 0.15) is 15.9 Å². The third-order valence-corrected chi connectivity index (χ3v) is 4.19. The molecule has 3 rings (SSSR count). The number of hydrogen-bond acceptors (Lipinski definition) is 4. The van der Waals surface area contributed by atoms with E-state index in [1.807, 2.05) is 6.92 Å². The second kappa shape index (κ2) is 6.05. The predicted molar refractivity (Wildman–Crippen MR) is 92.1 cm³/mol. The van der Waals surface area contributed by atoms with Crippen LogP contribution in [0.3, 0.4) is 0 Å². The van der Waals surface area contributed by atoms with E-state index in [1.54, 1.807) is 31.3 Å². The molecule has 124 valence electrons. The minimum absolute atomic E-state index is 0.344. The number of carbonyl (C=O) groups excluding carboxylic acids is 1. The highest BCUT2D eigenvalue weighted by Crippen LogP contribution is 2.31. The molecule has 0 saturated carbocycles. The molecule has 0 radical (unpaired) electrons. The van der Waals surface area contributed by atoms with E-state index in [0.717, 1.165) is 5.56 Å². The highest BCUT2D eigenvalue weighted by Gasteiger charge is 2.14. The Morgan fingerprint density at radius 3 is 2.75 bits per heavy atom. The summed E-state index contributed by atoms with van der Waals surface area (Å²) in [6.07, 6.45) is 0. The average Bonchev–Trinajstić information content (AvgIpc) is 2.84. The number of hydrogen-bond donors (Lipinski definition) is 1. The molecule has 0 aliphatic rings. The Morgan fingerprint density at radius 2 is 2.04 bits per heavy atom. The molecule has 0 bridgehead atoms. The molecule has 0 fully saturated rings. The molecule has 3 aromatic rings. The number of fused-ring (bicyclic) bond motifs is 1.